The van der Waals surface area contributed by atoms with Crippen LogP contribution in [0.5, 0.6) is 0 Å². The summed E-state index contributed by atoms with van der Waals surface area (Å²) in [6.07, 6.45) is 1.62. The molecule has 3 aromatic rings. The number of H-pyrrole nitrogens is 1. The van der Waals surface area contributed by atoms with E-state index in [2.05, 4.69) is 15.6 Å². The molecular formula is C22H25N3O3. The van der Waals surface area contributed by atoms with Crippen molar-refractivity contribution in [3.8, 4) is 0 Å². The first-order chi connectivity index (χ1) is 13.5. The molecule has 2 amide bonds. The van der Waals surface area contributed by atoms with Crippen molar-refractivity contribution in [2.24, 2.45) is 5.92 Å². The molecule has 0 spiro atoms. The van der Waals surface area contributed by atoms with Crippen LogP contribution in [0, 0.1) is 5.92 Å². The lowest BCUT2D eigenvalue weighted by Crippen LogP contribution is -2.45. The number of rotatable bonds is 7. The number of hydrogen-bond donors (Lipinski definition) is 3. The third kappa shape index (κ3) is 5.13. The molecule has 6 heteroatoms. The van der Waals surface area contributed by atoms with Crippen molar-refractivity contribution in [2.45, 2.75) is 26.3 Å². The summed E-state index contributed by atoms with van der Waals surface area (Å²) in [4.78, 5) is 28.2. The van der Waals surface area contributed by atoms with Gasteiger partial charge in [-0.25, -0.2) is 4.79 Å². The molecule has 6 nitrogen and oxygen atoms in total. The first kappa shape index (κ1) is 19.5. The van der Waals surface area contributed by atoms with Gasteiger partial charge in [-0.2, -0.15) is 0 Å². The van der Waals surface area contributed by atoms with E-state index in [0.717, 1.165) is 16.5 Å². The first-order valence-electron chi connectivity index (χ1n) is 9.37. The van der Waals surface area contributed by atoms with Crippen LogP contribution in [-0.4, -0.2) is 29.6 Å². The molecule has 1 aromatic heterocycles. The fraction of sp³-hybridized carbons (Fsp3) is 0.273. The summed E-state index contributed by atoms with van der Waals surface area (Å²) in [5.41, 5.74) is 2.61. The van der Waals surface area contributed by atoms with Crippen molar-refractivity contribution in [2.75, 3.05) is 11.9 Å². The van der Waals surface area contributed by atoms with Gasteiger partial charge >= 0.3 is 6.09 Å². The minimum absolute atomic E-state index is 0.218. The zero-order valence-corrected chi connectivity index (χ0v) is 16.1. The Labute approximate surface area is 164 Å². The largest absolute Gasteiger partial charge is 0.449 e. The van der Waals surface area contributed by atoms with Crippen LogP contribution in [0.15, 0.2) is 60.8 Å². The van der Waals surface area contributed by atoms with Gasteiger partial charge < -0.3 is 20.4 Å². The smallest absolute Gasteiger partial charge is 0.407 e. The van der Waals surface area contributed by atoms with Gasteiger partial charge in [0.25, 0.3) is 0 Å². The average Bonchev–Trinajstić information content (AvgIpc) is 3.09. The van der Waals surface area contributed by atoms with E-state index in [1.165, 1.54) is 0 Å². The number of aromatic nitrogens is 1. The molecule has 1 heterocycles. The number of hydrogen-bond acceptors (Lipinski definition) is 3. The van der Waals surface area contributed by atoms with E-state index < -0.39 is 12.1 Å². The van der Waals surface area contributed by atoms with Gasteiger partial charge in [0.05, 0.1) is 6.61 Å². The van der Waals surface area contributed by atoms with Crippen LogP contribution in [0.2, 0.25) is 0 Å². The van der Waals surface area contributed by atoms with Gasteiger partial charge in [0.1, 0.15) is 6.04 Å². The summed E-state index contributed by atoms with van der Waals surface area (Å²) in [6.45, 7) is 4.21. The highest BCUT2D eigenvalue weighted by Gasteiger charge is 2.23. The number of nitrogens with one attached hydrogen (secondary N) is 3. The summed E-state index contributed by atoms with van der Waals surface area (Å²) in [5.74, 6) is -0.0751. The number of para-hydroxylation sites is 2. The van der Waals surface area contributed by atoms with Crippen molar-refractivity contribution >= 4 is 28.6 Å². The van der Waals surface area contributed by atoms with Crippen molar-refractivity contribution in [3.63, 3.8) is 0 Å². The van der Waals surface area contributed by atoms with Gasteiger partial charge in [-0.05, 0) is 29.7 Å². The van der Waals surface area contributed by atoms with E-state index >= 15 is 0 Å². The van der Waals surface area contributed by atoms with Crippen LogP contribution in [0.25, 0.3) is 10.9 Å². The van der Waals surface area contributed by atoms with E-state index in [1.807, 2.05) is 62.5 Å². The maximum atomic E-state index is 12.9. The lowest BCUT2D eigenvalue weighted by Gasteiger charge is -2.19. The predicted molar refractivity (Wildman–Crippen MR) is 110 cm³/mol. The van der Waals surface area contributed by atoms with E-state index in [0.29, 0.717) is 18.7 Å². The fourth-order valence-electron chi connectivity index (χ4n) is 2.91. The van der Waals surface area contributed by atoms with E-state index in [4.69, 9.17) is 4.74 Å². The summed E-state index contributed by atoms with van der Waals surface area (Å²) < 4.78 is 5.20. The predicted octanol–water partition coefficient (Wildman–Crippen LogP) is 4.10. The Morgan fingerprint density at radius 1 is 1.04 bits per heavy atom. The van der Waals surface area contributed by atoms with Gasteiger partial charge in [-0.3, -0.25) is 4.79 Å². The molecular weight excluding hydrogens is 354 g/mol. The van der Waals surface area contributed by atoms with Crippen LogP contribution in [0.4, 0.5) is 10.5 Å². The highest BCUT2D eigenvalue weighted by atomic mass is 16.5. The quantitative estimate of drug-likeness (QED) is 0.578. The van der Waals surface area contributed by atoms with Crippen molar-refractivity contribution in [1.29, 1.82) is 0 Å². The second-order valence-electron chi connectivity index (χ2n) is 7.11. The first-order valence-corrected chi connectivity index (χ1v) is 9.37. The number of carbonyl (C=O) groups excluding carboxylic acids is 2. The Bertz CT molecular complexity index is 934. The fourth-order valence-corrected chi connectivity index (χ4v) is 2.91. The Hall–Kier alpha value is -3.28. The van der Waals surface area contributed by atoms with Crippen LogP contribution in [0.1, 0.15) is 19.4 Å². The molecule has 0 bridgehead atoms. The highest BCUT2D eigenvalue weighted by molar-refractivity contribution is 5.97. The van der Waals surface area contributed by atoms with Gasteiger partial charge in [-0.15, -0.1) is 0 Å². The maximum Gasteiger partial charge on any atom is 0.407 e. The molecule has 0 radical (unpaired) electrons. The van der Waals surface area contributed by atoms with Gasteiger partial charge in [-0.1, -0.05) is 50.2 Å². The van der Waals surface area contributed by atoms with Crippen LogP contribution >= 0.6 is 0 Å². The Balaban J connectivity index is 1.77. The monoisotopic (exact) mass is 379 g/mol. The van der Waals surface area contributed by atoms with Crippen molar-refractivity contribution in [3.05, 3.63) is 66.4 Å². The topological polar surface area (TPSA) is 83.2 Å². The minimum Gasteiger partial charge on any atom is -0.449 e. The summed E-state index contributed by atoms with van der Waals surface area (Å²) in [5, 5.41) is 6.59. The molecule has 0 unspecified atom stereocenters. The number of alkyl carbamates (subject to hydrolysis) is 1. The molecule has 3 rings (SSSR count). The number of carbonyl (C=O) groups is 2. The Morgan fingerprint density at radius 2 is 1.75 bits per heavy atom. The molecule has 0 fully saturated rings. The van der Waals surface area contributed by atoms with Crippen LogP contribution in [-0.2, 0) is 16.0 Å². The second-order valence-corrected chi connectivity index (χ2v) is 7.11. The number of anilines is 1. The van der Waals surface area contributed by atoms with Gasteiger partial charge in [0.2, 0.25) is 5.91 Å². The number of fused-ring (bicyclic) bond motifs is 1. The molecule has 0 saturated carbocycles. The van der Waals surface area contributed by atoms with E-state index in [9.17, 15) is 9.59 Å². The van der Waals surface area contributed by atoms with Crippen molar-refractivity contribution < 1.29 is 14.3 Å². The normalized spacial score (nSPS) is 12.0. The minimum atomic E-state index is -0.765. The van der Waals surface area contributed by atoms with E-state index in [1.54, 1.807) is 12.1 Å². The second kappa shape index (κ2) is 9.08. The standard InChI is InChI=1S/C22H25N3O3/c1-15(2)14-28-22(27)25-20(21(26)24-17-8-4-3-5-9-17)12-16-13-23-19-11-7-6-10-18(16)19/h3-11,13,15,20,23H,12,14H2,1-2H3,(H,24,26)(H,25,27)/t20-/m1/s1. The Kier molecular flexibility index (Phi) is 6.32. The van der Waals surface area contributed by atoms with Crippen LogP contribution in [0.3, 0.4) is 0 Å². The number of amides is 2. The van der Waals surface area contributed by atoms with Gasteiger partial charge in [0, 0.05) is 29.2 Å². The molecule has 3 N–H and O–H groups in total. The zero-order chi connectivity index (χ0) is 19.9. The Morgan fingerprint density at radius 3 is 2.50 bits per heavy atom. The molecule has 146 valence electrons. The molecule has 2 aromatic carbocycles. The van der Waals surface area contributed by atoms with Crippen LogP contribution < -0.4 is 10.6 Å². The summed E-state index contributed by atoms with van der Waals surface area (Å²) in [7, 11) is 0. The van der Waals surface area contributed by atoms with Gasteiger partial charge in [0.15, 0.2) is 0 Å². The van der Waals surface area contributed by atoms with Crippen molar-refractivity contribution in [1.82, 2.24) is 10.3 Å². The molecule has 1 atom stereocenters. The lowest BCUT2D eigenvalue weighted by molar-refractivity contribution is -0.118. The molecule has 0 aliphatic rings. The number of aromatic amines is 1. The summed E-state index contributed by atoms with van der Waals surface area (Å²) >= 11 is 0. The molecule has 0 aliphatic heterocycles. The number of ether oxygens (including phenoxy) is 1. The molecule has 28 heavy (non-hydrogen) atoms. The number of benzene rings is 2. The lowest BCUT2D eigenvalue weighted by atomic mass is 10.0. The average molecular weight is 379 g/mol. The third-order valence-corrected chi connectivity index (χ3v) is 4.30. The maximum absolute atomic E-state index is 12.9. The third-order valence-electron chi connectivity index (χ3n) is 4.30. The molecule has 0 saturated heterocycles. The zero-order valence-electron chi connectivity index (χ0n) is 16.1. The SMILES string of the molecule is CC(C)COC(=O)N[C@H](Cc1c[nH]c2ccccc12)C(=O)Nc1ccccc1. The highest BCUT2D eigenvalue weighted by Crippen LogP contribution is 2.19. The summed E-state index contributed by atoms with van der Waals surface area (Å²) in [6, 6.07) is 16.3. The van der Waals surface area contributed by atoms with E-state index in [-0.39, 0.29) is 11.8 Å². The molecule has 0 aliphatic carbocycles.